The van der Waals surface area contributed by atoms with Crippen LogP contribution in [0.2, 0.25) is 0 Å². The first kappa shape index (κ1) is 22.1. The van der Waals surface area contributed by atoms with Crippen molar-refractivity contribution in [3.8, 4) is 0 Å². The average Bonchev–Trinajstić information content (AvgIpc) is 3.38. The number of aromatic nitrogens is 2. The number of nitrogens with zero attached hydrogens (tertiary/aromatic N) is 5. The molecule has 170 valence electrons. The molecular weight excluding hydrogens is 454 g/mol. The molecule has 9 heteroatoms. The zero-order valence-electron chi connectivity index (χ0n) is 18.2. The van der Waals surface area contributed by atoms with Gasteiger partial charge in [-0.05, 0) is 35.9 Å². The van der Waals surface area contributed by atoms with Gasteiger partial charge in [0.15, 0.2) is 5.01 Å². The molecule has 0 bridgehead atoms. The molecule has 0 unspecified atom stereocenters. The molecule has 2 saturated heterocycles. The quantitative estimate of drug-likeness (QED) is 0.506. The fourth-order valence-electron chi connectivity index (χ4n) is 4.13. The molecule has 1 aromatic carbocycles. The third kappa shape index (κ3) is 5.10. The van der Waals surface area contributed by atoms with Crippen LogP contribution in [0.1, 0.15) is 25.7 Å². The van der Waals surface area contributed by atoms with Crippen molar-refractivity contribution in [2.45, 2.75) is 16.7 Å². The standard InChI is InChI=1S/C24H25N5O2S2/c30-23(19-3-5-21(6-4-19)33-17-18-2-1-7-25-14-18)29-15-20(16-29)27-9-11-28(12-10-27)24(31)22-26-8-13-32-22/h1-8,13-14,20H,9-12,15-17H2. The van der Waals surface area contributed by atoms with E-state index in [0.29, 0.717) is 24.1 Å². The van der Waals surface area contributed by atoms with Gasteiger partial charge in [-0.2, -0.15) is 0 Å². The van der Waals surface area contributed by atoms with Crippen LogP contribution in [0, 0.1) is 0 Å². The molecule has 0 spiro atoms. The van der Waals surface area contributed by atoms with Gasteiger partial charge in [0.2, 0.25) is 0 Å². The fourth-order valence-corrected chi connectivity index (χ4v) is 5.57. The molecular formula is C24H25N5O2S2. The molecule has 2 amide bonds. The van der Waals surface area contributed by atoms with Gasteiger partial charge in [0, 0.05) is 85.5 Å². The molecule has 0 saturated carbocycles. The third-order valence-corrected chi connectivity index (χ3v) is 7.96. The highest BCUT2D eigenvalue weighted by atomic mass is 32.2. The minimum absolute atomic E-state index is 0.0251. The number of carbonyl (C=O) groups excluding carboxylic acids is 2. The minimum Gasteiger partial charge on any atom is -0.335 e. The number of thioether (sulfide) groups is 1. The molecule has 2 aliphatic rings. The highest BCUT2D eigenvalue weighted by molar-refractivity contribution is 7.98. The molecule has 0 atom stereocenters. The van der Waals surface area contributed by atoms with Gasteiger partial charge in [0.1, 0.15) is 0 Å². The second kappa shape index (κ2) is 10.0. The first-order valence-electron chi connectivity index (χ1n) is 11.0. The van der Waals surface area contributed by atoms with Gasteiger partial charge in [-0.3, -0.25) is 19.5 Å². The van der Waals surface area contributed by atoms with Crippen LogP contribution in [0.3, 0.4) is 0 Å². The SMILES string of the molecule is O=C(c1ccc(SCc2cccnc2)cc1)N1CC(N2CCN(C(=O)c3nccs3)CC2)C1. The summed E-state index contributed by atoms with van der Waals surface area (Å²) in [7, 11) is 0. The Balaban J connectivity index is 1.07. The Kier molecular flexibility index (Phi) is 6.70. The van der Waals surface area contributed by atoms with Crippen molar-refractivity contribution in [1.82, 2.24) is 24.7 Å². The monoisotopic (exact) mass is 479 g/mol. The van der Waals surface area contributed by atoms with Crippen LogP contribution in [-0.2, 0) is 5.75 Å². The Morgan fingerprint density at radius 2 is 1.76 bits per heavy atom. The molecule has 33 heavy (non-hydrogen) atoms. The first-order valence-corrected chi connectivity index (χ1v) is 12.9. The summed E-state index contributed by atoms with van der Waals surface area (Å²) in [5.74, 6) is 0.974. The van der Waals surface area contributed by atoms with E-state index in [4.69, 9.17) is 0 Å². The summed E-state index contributed by atoms with van der Waals surface area (Å²) < 4.78 is 0. The summed E-state index contributed by atoms with van der Waals surface area (Å²) in [4.78, 5) is 40.9. The van der Waals surface area contributed by atoms with E-state index < -0.39 is 0 Å². The van der Waals surface area contributed by atoms with Crippen molar-refractivity contribution >= 4 is 34.9 Å². The van der Waals surface area contributed by atoms with Crippen molar-refractivity contribution in [1.29, 1.82) is 0 Å². The molecule has 5 rings (SSSR count). The fraction of sp³-hybridized carbons (Fsp3) is 0.333. The molecule has 0 radical (unpaired) electrons. The highest BCUT2D eigenvalue weighted by Crippen LogP contribution is 2.25. The molecule has 3 aromatic rings. The number of carbonyl (C=O) groups is 2. The summed E-state index contributed by atoms with van der Waals surface area (Å²) in [5, 5.41) is 2.39. The van der Waals surface area contributed by atoms with Crippen LogP contribution in [0.5, 0.6) is 0 Å². The molecule has 2 aromatic heterocycles. The van der Waals surface area contributed by atoms with Gasteiger partial charge >= 0.3 is 0 Å². The van der Waals surface area contributed by atoms with E-state index in [1.54, 1.807) is 24.2 Å². The van der Waals surface area contributed by atoms with E-state index in [1.165, 1.54) is 16.9 Å². The van der Waals surface area contributed by atoms with Crippen LogP contribution < -0.4 is 0 Å². The van der Waals surface area contributed by atoms with Gasteiger partial charge in [0.25, 0.3) is 11.8 Å². The lowest BCUT2D eigenvalue weighted by molar-refractivity contribution is 0.00853. The Morgan fingerprint density at radius 1 is 0.970 bits per heavy atom. The van der Waals surface area contributed by atoms with Crippen molar-refractivity contribution in [3.05, 3.63) is 76.5 Å². The van der Waals surface area contributed by atoms with E-state index in [9.17, 15) is 9.59 Å². The summed E-state index contributed by atoms with van der Waals surface area (Å²) in [6.45, 7) is 4.59. The van der Waals surface area contributed by atoms with Gasteiger partial charge in [0.05, 0.1) is 0 Å². The summed E-state index contributed by atoms with van der Waals surface area (Å²) in [5.41, 5.74) is 1.92. The maximum absolute atomic E-state index is 12.9. The number of rotatable bonds is 6. The number of hydrogen-bond donors (Lipinski definition) is 0. The zero-order valence-corrected chi connectivity index (χ0v) is 19.8. The van der Waals surface area contributed by atoms with Gasteiger partial charge in [-0.25, -0.2) is 4.98 Å². The van der Waals surface area contributed by atoms with Crippen LogP contribution in [-0.4, -0.2) is 81.8 Å². The van der Waals surface area contributed by atoms with E-state index in [2.05, 4.69) is 20.9 Å². The van der Waals surface area contributed by atoms with Crippen LogP contribution in [0.25, 0.3) is 0 Å². The number of amides is 2. The Labute approximate surface area is 201 Å². The van der Waals surface area contributed by atoms with Crippen LogP contribution in [0.15, 0.2) is 65.3 Å². The lowest BCUT2D eigenvalue weighted by Crippen LogP contribution is -2.64. The van der Waals surface area contributed by atoms with Crippen LogP contribution >= 0.6 is 23.1 Å². The van der Waals surface area contributed by atoms with E-state index in [-0.39, 0.29) is 11.8 Å². The maximum Gasteiger partial charge on any atom is 0.282 e. The second-order valence-corrected chi connectivity index (χ2v) is 10.1. The molecule has 4 heterocycles. The minimum atomic E-state index is 0.0251. The number of hydrogen-bond acceptors (Lipinski definition) is 7. The molecule has 2 fully saturated rings. The Morgan fingerprint density at radius 3 is 2.42 bits per heavy atom. The molecule has 0 aliphatic carbocycles. The maximum atomic E-state index is 12.9. The third-order valence-electron chi connectivity index (χ3n) is 6.11. The number of likely N-dealkylation sites (tertiary alicyclic amines) is 1. The van der Waals surface area contributed by atoms with Crippen molar-refractivity contribution in [2.24, 2.45) is 0 Å². The summed E-state index contributed by atoms with van der Waals surface area (Å²) in [6, 6.07) is 12.3. The predicted octanol–water partition coefficient (Wildman–Crippen LogP) is 3.11. The number of thiazole rings is 1. The topological polar surface area (TPSA) is 69.6 Å². The predicted molar refractivity (Wildman–Crippen MR) is 130 cm³/mol. The number of benzene rings is 1. The number of pyridine rings is 1. The van der Waals surface area contributed by atoms with Gasteiger partial charge in [-0.15, -0.1) is 23.1 Å². The van der Waals surface area contributed by atoms with E-state index in [0.717, 1.165) is 42.4 Å². The summed E-state index contributed by atoms with van der Waals surface area (Å²) >= 11 is 3.13. The Bertz CT molecular complexity index is 1080. The van der Waals surface area contributed by atoms with Gasteiger partial charge in [-0.1, -0.05) is 6.07 Å². The first-order chi connectivity index (χ1) is 16.2. The van der Waals surface area contributed by atoms with E-state index in [1.807, 2.05) is 51.7 Å². The largest absolute Gasteiger partial charge is 0.335 e. The molecule has 0 N–H and O–H groups in total. The highest BCUT2D eigenvalue weighted by Gasteiger charge is 2.37. The van der Waals surface area contributed by atoms with Crippen molar-refractivity contribution in [3.63, 3.8) is 0 Å². The van der Waals surface area contributed by atoms with Crippen molar-refractivity contribution < 1.29 is 9.59 Å². The lowest BCUT2D eigenvalue weighted by atomic mass is 10.0. The average molecular weight is 480 g/mol. The number of piperazine rings is 1. The lowest BCUT2D eigenvalue weighted by Gasteiger charge is -2.48. The zero-order chi connectivity index (χ0) is 22.6. The van der Waals surface area contributed by atoms with Gasteiger partial charge < -0.3 is 9.80 Å². The second-order valence-electron chi connectivity index (χ2n) is 8.20. The molecule has 2 aliphatic heterocycles. The Hall–Kier alpha value is -2.75. The normalized spacial score (nSPS) is 17.1. The van der Waals surface area contributed by atoms with E-state index >= 15 is 0 Å². The van der Waals surface area contributed by atoms with Crippen molar-refractivity contribution in [2.75, 3.05) is 39.3 Å². The van der Waals surface area contributed by atoms with Crippen LogP contribution in [0.4, 0.5) is 0 Å². The summed E-state index contributed by atoms with van der Waals surface area (Å²) in [6.07, 6.45) is 5.33. The molecule has 7 nitrogen and oxygen atoms in total. The smallest absolute Gasteiger partial charge is 0.282 e.